The number of furan rings is 1. The first-order chi connectivity index (χ1) is 13.4. The molecule has 28 heavy (non-hydrogen) atoms. The van der Waals surface area contributed by atoms with Crippen LogP contribution in [0.1, 0.15) is 11.1 Å². The van der Waals surface area contributed by atoms with Gasteiger partial charge in [-0.2, -0.15) is 4.31 Å². The summed E-state index contributed by atoms with van der Waals surface area (Å²) in [5.41, 5.74) is 2.73. The Balaban J connectivity index is 1.44. The highest BCUT2D eigenvalue weighted by molar-refractivity contribution is 7.89. The van der Waals surface area contributed by atoms with E-state index >= 15 is 0 Å². The maximum atomic E-state index is 12.9. The van der Waals surface area contributed by atoms with Crippen molar-refractivity contribution in [1.82, 2.24) is 14.5 Å². The normalized spacial score (nSPS) is 15.7. The van der Waals surface area contributed by atoms with E-state index in [1.54, 1.807) is 24.5 Å². The van der Waals surface area contributed by atoms with E-state index in [2.05, 4.69) is 10.2 Å². The van der Waals surface area contributed by atoms with Crippen LogP contribution in [0.25, 0.3) is 11.5 Å². The smallest absolute Gasteiger partial charge is 0.243 e. The van der Waals surface area contributed by atoms with Crippen LogP contribution < -0.4 is 4.90 Å². The molecule has 3 aromatic rings. The molecule has 1 aromatic carbocycles. The molecule has 0 atom stereocenters. The van der Waals surface area contributed by atoms with Crippen LogP contribution >= 0.6 is 0 Å². The summed E-state index contributed by atoms with van der Waals surface area (Å²) in [4.78, 5) is 2.40. The third-order valence-corrected chi connectivity index (χ3v) is 7.00. The first kappa shape index (κ1) is 18.6. The molecule has 0 amide bonds. The fourth-order valence-corrected chi connectivity index (χ4v) is 4.74. The van der Waals surface area contributed by atoms with Crippen molar-refractivity contribution in [3.63, 3.8) is 0 Å². The molecule has 0 bridgehead atoms. The van der Waals surface area contributed by atoms with Gasteiger partial charge < -0.3 is 9.32 Å². The fraction of sp³-hybridized carbons (Fsp3) is 0.300. The molecular weight excluding hydrogens is 376 g/mol. The number of aromatic nitrogens is 2. The zero-order valence-electron chi connectivity index (χ0n) is 15.9. The number of hydrogen-bond donors (Lipinski definition) is 0. The Kier molecular flexibility index (Phi) is 4.91. The third-order valence-electron chi connectivity index (χ3n) is 5.10. The van der Waals surface area contributed by atoms with Gasteiger partial charge in [0.15, 0.2) is 11.6 Å². The second-order valence-corrected chi connectivity index (χ2v) is 8.83. The van der Waals surface area contributed by atoms with Gasteiger partial charge in [0.2, 0.25) is 10.0 Å². The van der Waals surface area contributed by atoms with Gasteiger partial charge in [0.25, 0.3) is 0 Å². The average molecular weight is 398 g/mol. The van der Waals surface area contributed by atoms with Gasteiger partial charge in [-0.15, -0.1) is 10.2 Å². The quantitative estimate of drug-likeness (QED) is 0.672. The van der Waals surface area contributed by atoms with Crippen LogP contribution in [0.2, 0.25) is 0 Å². The lowest BCUT2D eigenvalue weighted by molar-refractivity contribution is 0.383. The monoisotopic (exact) mass is 398 g/mol. The lowest BCUT2D eigenvalue weighted by Crippen LogP contribution is -2.49. The van der Waals surface area contributed by atoms with Crippen LogP contribution in [-0.2, 0) is 10.0 Å². The number of sulfonamides is 1. The lowest BCUT2D eigenvalue weighted by Gasteiger charge is -2.34. The molecule has 1 aliphatic rings. The first-order valence-corrected chi connectivity index (χ1v) is 10.6. The predicted octanol–water partition coefficient (Wildman–Crippen LogP) is 2.86. The SMILES string of the molecule is Cc1ccc(S(=O)(=O)N2CCN(c3ccc(-c4ccco4)nn3)CC2)cc1C. The van der Waals surface area contributed by atoms with Crippen molar-refractivity contribution in [3.8, 4) is 11.5 Å². The van der Waals surface area contributed by atoms with Gasteiger partial charge in [0.05, 0.1) is 11.2 Å². The molecule has 3 heterocycles. The Hall–Kier alpha value is -2.71. The first-order valence-electron chi connectivity index (χ1n) is 9.15. The minimum atomic E-state index is -3.49. The molecule has 1 fully saturated rings. The summed E-state index contributed by atoms with van der Waals surface area (Å²) in [6.07, 6.45) is 1.60. The van der Waals surface area contributed by atoms with Gasteiger partial charge in [-0.25, -0.2) is 8.42 Å². The van der Waals surface area contributed by atoms with E-state index in [1.807, 2.05) is 43.0 Å². The predicted molar refractivity (Wildman–Crippen MR) is 107 cm³/mol. The summed E-state index contributed by atoms with van der Waals surface area (Å²) in [7, 11) is -3.49. The highest BCUT2D eigenvalue weighted by atomic mass is 32.2. The second-order valence-electron chi connectivity index (χ2n) is 6.89. The maximum absolute atomic E-state index is 12.9. The van der Waals surface area contributed by atoms with Crippen molar-refractivity contribution in [2.45, 2.75) is 18.7 Å². The van der Waals surface area contributed by atoms with Crippen molar-refractivity contribution in [1.29, 1.82) is 0 Å². The topological polar surface area (TPSA) is 79.5 Å². The molecule has 1 aliphatic heterocycles. The molecule has 0 spiro atoms. The van der Waals surface area contributed by atoms with Crippen LogP contribution in [0.3, 0.4) is 0 Å². The molecular formula is C20H22N4O3S. The van der Waals surface area contributed by atoms with E-state index < -0.39 is 10.0 Å². The van der Waals surface area contributed by atoms with Crippen LogP contribution in [0.4, 0.5) is 5.82 Å². The van der Waals surface area contributed by atoms with Gasteiger partial charge >= 0.3 is 0 Å². The number of aryl methyl sites for hydroxylation is 2. The van der Waals surface area contributed by atoms with Crippen LogP contribution in [0.15, 0.2) is 58.0 Å². The van der Waals surface area contributed by atoms with Crippen LogP contribution in [0.5, 0.6) is 0 Å². The Bertz CT molecular complexity index is 1060. The van der Waals surface area contributed by atoms with Gasteiger partial charge in [0, 0.05) is 26.2 Å². The summed E-state index contributed by atoms with van der Waals surface area (Å²) in [6, 6.07) is 12.7. The van der Waals surface area contributed by atoms with E-state index in [9.17, 15) is 8.42 Å². The maximum Gasteiger partial charge on any atom is 0.243 e. The molecule has 1 saturated heterocycles. The number of nitrogens with zero attached hydrogens (tertiary/aromatic N) is 4. The Morgan fingerprint density at radius 2 is 1.71 bits per heavy atom. The molecule has 2 aromatic heterocycles. The molecule has 4 rings (SSSR count). The number of rotatable bonds is 4. The molecule has 0 unspecified atom stereocenters. The molecule has 0 aliphatic carbocycles. The van der Waals surface area contributed by atoms with Gasteiger partial charge in [-0.1, -0.05) is 6.07 Å². The van der Waals surface area contributed by atoms with E-state index in [1.165, 1.54) is 4.31 Å². The molecule has 7 nitrogen and oxygen atoms in total. The van der Waals surface area contributed by atoms with Crippen LogP contribution in [0, 0.1) is 13.8 Å². The van der Waals surface area contributed by atoms with Crippen molar-refractivity contribution in [2.75, 3.05) is 31.1 Å². The highest BCUT2D eigenvalue weighted by Gasteiger charge is 2.29. The van der Waals surface area contributed by atoms with Gasteiger partial charge in [-0.3, -0.25) is 0 Å². The van der Waals surface area contributed by atoms with E-state index in [-0.39, 0.29) is 0 Å². The second kappa shape index (κ2) is 7.37. The standard InChI is InChI=1S/C20H22N4O3S/c1-15-5-6-17(14-16(15)2)28(25,26)24-11-9-23(10-12-24)20-8-7-18(21-22-20)19-4-3-13-27-19/h3-8,13-14H,9-12H2,1-2H3. The molecule has 0 N–H and O–H groups in total. The molecule has 0 saturated carbocycles. The number of hydrogen-bond acceptors (Lipinski definition) is 6. The van der Waals surface area contributed by atoms with E-state index in [4.69, 9.17) is 4.42 Å². The molecule has 0 radical (unpaired) electrons. The summed E-state index contributed by atoms with van der Waals surface area (Å²) in [6.45, 7) is 5.87. The lowest BCUT2D eigenvalue weighted by atomic mass is 10.1. The van der Waals surface area contributed by atoms with E-state index in [0.29, 0.717) is 42.5 Å². The fourth-order valence-electron chi connectivity index (χ4n) is 3.23. The largest absolute Gasteiger partial charge is 0.463 e. The van der Waals surface area contributed by atoms with Crippen molar-refractivity contribution < 1.29 is 12.8 Å². The van der Waals surface area contributed by atoms with Gasteiger partial charge in [0.1, 0.15) is 5.69 Å². The summed E-state index contributed by atoms with van der Waals surface area (Å²) >= 11 is 0. The summed E-state index contributed by atoms with van der Waals surface area (Å²) < 4.78 is 32.7. The zero-order valence-corrected chi connectivity index (χ0v) is 16.7. The van der Waals surface area contributed by atoms with Gasteiger partial charge in [-0.05, 0) is 61.4 Å². The minimum Gasteiger partial charge on any atom is -0.463 e. The Morgan fingerprint density at radius 1 is 0.929 bits per heavy atom. The van der Waals surface area contributed by atoms with Crippen molar-refractivity contribution in [3.05, 3.63) is 59.9 Å². The van der Waals surface area contributed by atoms with E-state index in [0.717, 1.165) is 16.9 Å². The van der Waals surface area contributed by atoms with Crippen molar-refractivity contribution in [2.24, 2.45) is 0 Å². The average Bonchev–Trinajstić information content (AvgIpc) is 3.25. The minimum absolute atomic E-state index is 0.353. The Morgan fingerprint density at radius 3 is 2.32 bits per heavy atom. The number of anilines is 1. The zero-order chi connectivity index (χ0) is 19.7. The number of piperazine rings is 1. The Labute approximate surface area is 164 Å². The summed E-state index contributed by atoms with van der Waals surface area (Å²) in [5.74, 6) is 1.40. The number of benzene rings is 1. The third kappa shape index (κ3) is 3.53. The highest BCUT2D eigenvalue weighted by Crippen LogP contribution is 2.23. The molecule has 8 heteroatoms. The van der Waals surface area contributed by atoms with Crippen molar-refractivity contribution >= 4 is 15.8 Å². The molecule has 146 valence electrons. The summed E-state index contributed by atoms with van der Waals surface area (Å²) in [5, 5.41) is 8.49. The van der Waals surface area contributed by atoms with Crippen LogP contribution in [-0.4, -0.2) is 49.1 Å².